The number of aliphatic hydroxyl groups is 1. The van der Waals surface area contributed by atoms with E-state index in [9.17, 15) is 18.7 Å². The highest BCUT2D eigenvalue weighted by Gasteiger charge is 2.21. The Kier molecular flexibility index (Phi) is 11.4. The summed E-state index contributed by atoms with van der Waals surface area (Å²) in [7, 11) is 0. The van der Waals surface area contributed by atoms with Crippen molar-refractivity contribution in [1.82, 2.24) is 0 Å². The molecule has 3 rings (SSSR count). The van der Waals surface area contributed by atoms with Crippen LogP contribution in [-0.4, -0.2) is 43.9 Å². The number of carbonyl (C=O) groups is 3. The highest BCUT2D eigenvalue weighted by Crippen LogP contribution is 2.27. The third-order valence-electron chi connectivity index (χ3n) is 4.65. The molecule has 1 heterocycles. The van der Waals surface area contributed by atoms with Gasteiger partial charge in [-0.25, -0.2) is 8.78 Å². The Bertz CT molecular complexity index is 867. The van der Waals surface area contributed by atoms with Crippen LogP contribution >= 0.6 is 11.6 Å². The van der Waals surface area contributed by atoms with E-state index < -0.39 is 17.9 Å². The number of nitrogens with one attached hydrogen (secondary N) is 1. The maximum Gasteiger partial charge on any atom is 0.255 e. The van der Waals surface area contributed by atoms with Crippen LogP contribution in [0.2, 0.25) is 5.02 Å². The Hall–Kier alpha value is -2.84. The van der Waals surface area contributed by atoms with E-state index in [-0.39, 0.29) is 18.2 Å². The summed E-state index contributed by atoms with van der Waals surface area (Å²) in [5.41, 5.74) is 2.04. The van der Waals surface area contributed by atoms with Crippen LogP contribution in [0.5, 0.6) is 0 Å². The number of carbonyl (C=O) groups excluding carboxylic acids is 3. The van der Waals surface area contributed by atoms with Crippen molar-refractivity contribution in [3.63, 3.8) is 0 Å². The molecule has 1 atom stereocenters. The average Bonchev–Trinajstić information content (AvgIpc) is 3.02. The minimum atomic E-state index is -0.933. The van der Waals surface area contributed by atoms with Gasteiger partial charge in [0.05, 0.1) is 11.6 Å². The van der Waals surface area contributed by atoms with E-state index in [1.54, 1.807) is 18.2 Å². The van der Waals surface area contributed by atoms with Crippen molar-refractivity contribution in [3.8, 4) is 0 Å². The number of alkyl halides is 1. The third-order valence-corrected chi connectivity index (χ3v) is 4.94. The molecule has 0 spiro atoms. The fourth-order valence-electron chi connectivity index (χ4n) is 3.22. The van der Waals surface area contributed by atoms with E-state index in [2.05, 4.69) is 5.32 Å². The Balaban J connectivity index is 0.00000113. The van der Waals surface area contributed by atoms with E-state index in [4.69, 9.17) is 21.2 Å². The lowest BCUT2D eigenvalue weighted by Gasteiger charge is -2.26. The topological polar surface area (TPSA) is 86.7 Å². The van der Waals surface area contributed by atoms with Gasteiger partial charge in [0, 0.05) is 35.6 Å². The maximum atomic E-state index is 14.0. The third kappa shape index (κ3) is 7.41. The van der Waals surface area contributed by atoms with Crippen LogP contribution in [0.25, 0.3) is 0 Å². The number of halogens is 3. The summed E-state index contributed by atoms with van der Waals surface area (Å²) in [5.74, 6) is -0.957. The van der Waals surface area contributed by atoms with Gasteiger partial charge in [-0.05, 0) is 49.6 Å². The largest absolute Gasteiger partial charge is 0.392 e. The molecule has 6 nitrogen and oxygen atoms in total. The van der Waals surface area contributed by atoms with Gasteiger partial charge in [-0.15, -0.1) is 0 Å². The molecule has 168 valence electrons. The van der Waals surface area contributed by atoms with Crippen LogP contribution in [0.1, 0.15) is 35.2 Å². The maximum absolute atomic E-state index is 14.0. The molecule has 0 saturated carbocycles. The van der Waals surface area contributed by atoms with Crippen LogP contribution in [0.3, 0.4) is 0 Å². The molecule has 1 amide bonds. The molecule has 1 saturated heterocycles. The summed E-state index contributed by atoms with van der Waals surface area (Å²) in [6.07, 6.45) is 1.27. The number of hydrogen-bond acceptors (Lipinski definition) is 5. The zero-order chi connectivity index (χ0) is 23.4. The molecule has 0 radical (unpaired) electrons. The predicted molar refractivity (Wildman–Crippen MR) is 117 cm³/mol. The van der Waals surface area contributed by atoms with Crippen LogP contribution in [0.15, 0.2) is 36.4 Å². The Morgan fingerprint density at radius 3 is 2.52 bits per heavy atom. The standard InChI is InChI=1S/C20H21ClF2N2O2.2CH2O/c21-17-10-16(6-7-18(17)23)24-20(27)13-4-5-14(12-26)19(9-13)25-8-2-1-3-15(22)11-25;2*1-2/h4-7,9-10,15,26H,1-3,8,11-12H2,(H,24,27);2*1H2. The van der Waals surface area contributed by atoms with Crippen LogP contribution in [0, 0.1) is 5.82 Å². The minimum absolute atomic E-state index is 0.0809. The van der Waals surface area contributed by atoms with Crippen molar-refractivity contribution in [2.24, 2.45) is 0 Å². The molecule has 2 N–H and O–H groups in total. The second kappa shape index (κ2) is 13.5. The van der Waals surface area contributed by atoms with E-state index in [0.717, 1.165) is 12.8 Å². The SMILES string of the molecule is C=O.C=O.O=C(Nc1ccc(F)c(Cl)c1)c1ccc(CO)c(N2CCCCC(F)C2)c1. The Morgan fingerprint density at radius 2 is 1.87 bits per heavy atom. The second-order valence-electron chi connectivity index (χ2n) is 6.62. The molecular weight excluding hydrogens is 430 g/mol. The number of amides is 1. The van der Waals surface area contributed by atoms with Gasteiger partial charge in [0.25, 0.3) is 5.91 Å². The molecule has 0 aliphatic carbocycles. The number of hydrogen-bond donors (Lipinski definition) is 2. The molecule has 2 aromatic rings. The number of anilines is 2. The predicted octanol–water partition coefficient (Wildman–Crippen LogP) is 4.18. The zero-order valence-corrected chi connectivity index (χ0v) is 17.7. The first-order valence-electron chi connectivity index (χ1n) is 9.45. The van der Waals surface area contributed by atoms with Gasteiger partial charge in [-0.3, -0.25) is 4.79 Å². The molecule has 1 unspecified atom stereocenters. The summed E-state index contributed by atoms with van der Waals surface area (Å²) in [5, 5.41) is 12.2. The number of rotatable bonds is 4. The number of nitrogens with zero attached hydrogens (tertiary/aromatic N) is 1. The molecule has 0 bridgehead atoms. The molecular formula is C22H25ClF2N2O4. The normalized spacial score (nSPS) is 15.5. The molecule has 1 fully saturated rings. The molecule has 1 aliphatic heterocycles. The van der Waals surface area contributed by atoms with E-state index in [1.807, 2.05) is 18.5 Å². The highest BCUT2D eigenvalue weighted by atomic mass is 35.5. The van der Waals surface area contributed by atoms with Crippen molar-refractivity contribution in [2.75, 3.05) is 23.3 Å². The van der Waals surface area contributed by atoms with Crippen molar-refractivity contribution in [1.29, 1.82) is 0 Å². The summed E-state index contributed by atoms with van der Waals surface area (Å²) in [6.45, 7) is 4.72. The molecule has 31 heavy (non-hydrogen) atoms. The lowest BCUT2D eigenvalue weighted by Crippen LogP contribution is -2.30. The molecule has 2 aromatic carbocycles. The van der Waals surface area contributed by atoms with Crippen LogP contribution < -0.4 is 10.2 Å². The van der Waals surface area contributed by atoms with E-state index in [0.29, 0.717) is 35.5 Å². The summed E-state index contributed by atoms with van der Waals surface area (Å²) in [4.78, 5) is 30.5. The van der Waals surface area contributed by atoms with Gasteiger partial charge >= 0.3 is 0 Å². The fraction of sp³-hybridized carbons (Fsp3) is 0.318. The Morgan fingerprint density at radius 1 is 1.16 bits per heavy atom. The molecule has 9 heteroatoms. The van der Waals surface area contributed by atoms with Crippen molar-refractivity contribution in [3.05, 3.63) is 58.4 Å². The monoisotopic (exact) mass is 454 g/mol. The zero-order valence-electron chi connectivity index (χ0n) is 17.0. The van der Waals surface area contributed by atoms with E-state index in [1.165, 1.54) is 18.2 Å². The lowest BCUT2D eigenvalue weighted by molar-refractivity contribution is -0.0987. The molecule has 0 aromatic heterocycles. The smallest absolute Gasteiger partial charge is 0.255 e. The summed E-state index contributed by atoms with van der Waals surface area (Å²) >= 11 is 5.74. The van der Waals surface area contributed by atoms with Gasteiger partial charge in [0.2, 0.25) is 0 Å². The molecule has 1 aliphatic rings. The average molecular weight is 455 g/mol. The van der Waals surface area contributed by atoms with Crippen molar-refractivity contribution >= 4 is 42.5 Å². The second-order valence-corrected chi connectivity index (χ2v) is 7.03. The van der Waals surface area contributed by atoms with Crippen LogP contribution in [0.4, 0.5) is 20.2 Å². The minimum Gasteiger partial charge on any atom is -0.392 e. The van der Waals surface area contributed by atoms with Gasteiger partial charge in [-0.1, -0.05) is 17.7 Å². The van der Waals surface area contributed by atoms with Gasteiger partial charge in [0.1, 0.15) is 25.6 Å². The summed E-state index contributed by atoms with van der Waals surface area (Å²) < 4.78 is 27.3. The first kappa shape index (κ1) is 26.2. The first-order valence-corrected chi connectivity index (χ1v) is 9.82. The number of benzene rings is 2. The summed E-state index contributed by atoms with van der Waals surface area (Å²) in [6, 6.07) is 8.85. The number of aliphatic hydroxyl groups excluding tert-OH is 1. The Labute approximate surface area is 184 Å². The van der Waals surface area contributed by atoms with Gasteiger partial charge in [0.15, 0.2) is 0 Å². The first-order chi connectivity index (χ1) is 15.0. The van der Waals surface area contributed by atoms with E-state index >= 15 is 0 Å². The quantitative estimate of drug-likeness (QED) is 0.723. The van der Waals surface area contributed by atoms with Gasteiger partial charge < -0.3 is 24.9 Å². The highest BCUT2D eigenvalue weighted by molar-refractivity contribution is 6.31. The lowest BCUT2D eigenvalue weighted by atomic mass is 10.1. The fourth-order valence-corrected chi connectivity index (χ4v) is 3.40. The van der Waals surface area contributed by atoms with Crippen molar-refractivity contribution < 1.29 is 28.3 Å². The van der Waals surface area contributed by atoms with Crippen molar-refractivity contribution in [2.45, 2.75) is 32.0 Å². The van der Waals surface area contributed by atoms with Crippen LogP contribution in [-0.2, 0) is 16.2 Å². The van der Waals surface area contributed by atoms with Gasteiger partial charge in [-0.2, -0.15) is 0 Å².